The van der Waals surface area contributed by atoms with Crippen molar-refractivity contribution in [3.05, 3.63) is 107 Å². The molecule has 0 aromatic heterocycles. The number of carbonyl (C=O) groups excluding carboxylic acids is 2. The van der Waals surface area contributed by atoms with Gasteiger partial charge in [-0.3, -0.25) is 14.5 Å². The summed E-state index contributed by atoms with van der Waals surface area (Å²) in [4.78, 5) is 32.4. The minimum absolute atomic E-state index is 0.0982. The molecule has 3 N–H and O–H groups in total. The van der Waals surface area contributed by atoms with E-state index < -0.39 is 11.6 Å². The number of rotatable bonds is 6. The van der Waals surface area contributed by atoms with Crippen molar-refractivity contribution < 1.29 is 9.59 Å². The SMILES string of the molecule is C[C@H](NC(=O)c1cccc(C(c2ccccc2)N2C(=O)CC(C)(C)N=C2N)c1)c1ccccc1. The normalized spacial score (nSPS) is 17.0. The van der Waals surface area contributed by atoms with E-state index in [0.29, 0.717) is 5.56 Å². The van der Waals surface area contributed by atoms with Crippen molar-refractivity contribution in [2.24, 2.45) is 10.7 Å². The number of nitrogens with one attached hydrogen (secondary N) is 1. The maximum absolute atomic E-state index is 13.2. The lowest BCUT2D eigenvalue weighted by Gasteiger charge is -2.38. The van der Waals surface area contributed by atoms with Gasteiger partial charge in [0.05, 0.1) is 24.0 Å². The van der Waals surface area contributed by atoms with E-state index in [0.717, 1.165) is 16.7 Å². The molecule has 1 heterocycles. The molecule has 0 fully saturated rings. The van der Waals surface area contributed by atoms with Crippen molar-refractivity contribution in [3.63, 3.8) is 0 Å². The molecule has 1 aliphatic rings. The van der Waals surface area contributed by atoms with Crippen molar-refractivity contribution in [2.75, 3.05) is 0 Å². The summed E-state index contributed by atoms with van der Waals surface area (Å²) < 4.78 is 0. The van der Waals surface area contributed by atoms with Crippen LogP contribution in [0.3, 0.4) is 0 Å². The minimum Gasteiger partial charge on any atom is -0.369 e. The third kappa shape index (κ3) is 5.01. The second-order valence-corrected chi connectivity index (χ2v) is 9.27. The van der Waals surface area contributed by atoms with Gasteiger partial charge in [-0.1, -0.05) is 72.8 Å². The van der Waals surface area contributed by atoms with Gasteiger partial charge < -0.3 is 11.1 Å². The molecule has 1 aliphatic heterocycles. The number of carbonyl (C=O) groups is 2. The fourth-order valence-corrected chi connectivity index (χ4v) is 4.34. The molecule has 6 nitrogen and oxygen atoms in total. The van der Waals surface area contributed by atoms with Crippen molar-refractivity contribution >= 4 is 17.8 Å². The summed E-state index contributed by atoms with van der Waals surface area (Å²) in [6.45, 7) is 5.74. The molecular weight excluding hydrogens is 424 g/mol. The van der Waals surface area contributed by atoms with Crippen LogP contribution in [0.5, 0.6) is 0 Å². The van der Waals surface area contributed by atoms with E-state index in [1.807, 2.05) is 99.6 Å². The number of benzene rings is 3. The van der Waals surface area contributed by atoms with Crippen molar-refractivity contribution in [1.29, 1.82) is 0 Å². The van der Waals surface area contributed by atoms with E-state index in [1.165, 1.54) is 0 Å². The number of nitrogens with zero attached hydrogens (tertiary/aromatic N) is 2. The van der Waals surface area contributed by atoms with Crippen LogP contribution in [0.15, 0.2) is 89.9 Å². The molecule has 0 bridgehead atoms. The van der Waals surface area contributed by atoms with Gasteiger partial charge in [0.2, 0.25) is 5.91 Å². The minimum atomic E-state index is -0.547. The van der Waals surface area contributed by atoms with Crippen LogP contribution >= 0.6 is 0 Å². The summed E-state index contributed by atoms with van der Waals surface area (Å²) in [5.41, 5.74) is 9.00. The summed E-state index contributed by atoms with van der Waals surface area (Å²) in [7, 11) is 0. The molecule has 2 atom stereocenters. The summed E-state index contributed by atoms with van der Waals surface area (Å²) in [6, 6.07) is 26.2. The Labute approximate surface area is 200 Å². The average molecular weight is 455 g/mol. The van der Waals surface area contributed by atoms with Crippen LogP contribution in [0.4, 0.5) is 0 Å². The van der Waals surface area contributed by atoms with Gasteiger partial charge in [-0.05, 0) is 49.6 Å². The van der Waals surface area contributed by atoms with E-state index >= 15 is 0 Å². The van der Waals surface area contributed by atoms with Crippen LogP contribution in [-0.2, 0) is 4.79 Å². The topological polar surface area (TPSA) is 87.8 Å². The Kier molecular flexibility index (Phi) is 6.50. The van der Waals surface area contributed by atoms with Gasteiger partial charge in [0, 0.05) is 5.56 Å². The fourth-order valence-electron chi connectivity index (χ4n) is 4.34. The predicted octanol–water partition coefficient (Wildman–Crippen LogP) is 4.59. The zero-order valence-electron chi connectivity index (χ0n) is 19.7. The maximum atomic E-state index is 13.2. The molecule has 3 aromatic carbocycles. The lowest BCUT2D eigenvalue weighted by Crippen LogP contribution is -2.51. The molecule has 0 radical (unpaired) electrons. The Hall–Kier alpha value is -3.93. The Morgan fingerprint density at radius 1 is 0.941 bits per heavy atom. The van der Waals surface area contributed by atoms with E-state index in [2.05, 4.69) is 10.3 Å². The summed E-state index contributed by atoms with van der Waals surface area (Å²) >= 11 is 0. The van der Waals surface area contributed by atoms with E-state index in [-0.39, 0.29) is 30.2 Å². The van der Waals surface area contributed by atoms with E-state index in [9.17, 15) is 9.59 Å². The third-order valence-electron chi connectivity index (χ3n) is 6.00. The molecule has 0 aliphatic carbocycles. The molecule has 3 aromatic rings. The summed E-state index contributed by atoms with van der Waals surface area (Å²) in [5, 5.41) is 3.06. The van der Waals surface area contributed by atoms with Gasteiger partial charge in [0.25, 0.3) is 5.91 Å². The first-order chi connectivity index (χ1) is 16.2. The van der Waals surface area contributed by atoms with Gasteiger partial charge >= 0.3 is 0 Å². The maximum Gasteiger partial charge on any atom is 0.251 e. The number of hydrogen-bond acceptors (Lipinski definition) is 4. The van der Waals surface area contributed by atoms with E-state index in [1.54, 1.807) is 11.0 Å². The highest BCUT2D eigenvalue weighted by Gasteiger charge is 2.37. The quantitative estimate of drug-likeness (QED) is 0.571. The second-order valence-electron chi connectivity index (χ2n) is 9.27. The molecule has 1 unspecified atom stereocenters. The van der Waals surface area contributed by atoms with Crippen molar-refractivity contribution in [2.45, 2.75) is 44.8 Å². The van der Waals surface area contributed by atoms with Gasteiger partial charge in [-0.2, -0.15) is 0 Å². The molecule has 0 saturated heterocycles. The Morgan fingerprint density at radius 2 is 1.53 bits per heavy atom. The number of nitrogens with two attached hydrogens (primary N) is 1. The molecule has 4 rings (SSSR count). The second kappa shape index (κ2) is 9.51. The van der Waals surface area contributed by atoms with Crippen molar-refractivity contribution in [1.82, 2.24) is 10.2 Å². The van der Waals surface area contributed by atoms with Crippen LogP contribution < -0.4 is 11.1 Å². The first kappa shape index (κ1) is 23.2. The molecule has 0 spiro atoms. The zero-order valence-corrected chi connectivity index (χ0v) is 19.7. The van der Waals surface area contributed by atoms with Crippen LogP contribution in [0.25, 0.3) is 0 Å². The first-order valence-corrected chi connectivity index (χ1v) is 11.4. The van der Waals surface area contributed by atoms with Crippen LogP contribution in [0.1, 0.15) is 66.3 Å². The van der Waals surface area contributed by atoms with Crippen LogP contribution in [-0.4, -0.2) is 28.2 Å². The highest BCUT2D eigenvalue weighted by atomic mass is 16.2. The number of aliphatic imine (C=N–C) groups is 1. The lowest BCUT2D eigenvalue weighted by atomic mass is 9.92. The van der Waals surface area contributed by atoms with Crippen molar-refractivity contribution in [3.8, 4) is 0 Å². The smallest absolute Gasteiger partial charge is 0.251 e. The highest BCUT2D eigenvalue weighted by Crippen LogP contribution is 2.33. The average Bonchev–Trinajstić information content (AvgIpc) is 2.82. The molecular formula is C28H30N4O2. The van der Waals surface area contributed by atoms with Crippen LogP contribution in [0, 0.1) is 0 Å². The highest BCUT2D eigenvalue weighted by molar-refractivity contribution is 6.00. The zero-order chi connectivity index (χ0) is 24.3. The predicted molar refractivity (Wildman–Crippen MR) is 134 cm³/mol. The van der Waals surface area contributed by atoms with Gasteiger partial charge in [-0.25, -0.2) is 4.99 Å². The Bertz CT molecular complexity index is 1210. The number of hydrogen-bond donors (Lipinski definition) is 2. The number of amides is 2. The Morgan fingerprint density at radius 3 is 2.15 bits per heavy atom. The van der Waals surface area contributed by atoms with Gasteiger partial charge in [0.15, 0.2) is 5.96 Å². The molecule has 174 valence electrons. The molecule has 2 amide bonds. The van der Waals surface area contributed by atoms with Crippen LogP contribution in [0.2, 0.25) is 0 Å². The molecule has 34 heavy (non-hydrogen) atoms. The molecule has 6 heteroatoms. The lowest BCUT2D eigenvalue weighted by molar-refractivity contribution is -0.130. The summed E-state index contributed by atoms with van der Waals surface area (Å²) in [5.74, 6) is -0.0978. The summed E-state index contributed by atoms with van der Waals surface area (Å²) in [6.07, 6.45) is 0.256. The monoisotopic (exact) mass is 454 g/mol. The largest absolute Gasteiger partial charge is 0.369 e. The standard InChI is InChI=1S/C28H30N4O2/c1-19(20-11-6-4-7-12-20)30-26(34)23-16-10-15-22(17-23)25(21-13-8-5-9-14-21)32-24(33)18-28(2,3)31-27(32)29/h4-17,19,25H,18H2,1-3H3,(H2,29,31)(H,30,34)/t19-,25?/m0/s1. The van der Waals surface area contributed by atoms with Gasteiger partial charge in [-0.15, -0.1) is 0 Å². The third-order valence-corrected chi connectivity index (χ3v) is 6.00. The fraction of sp³-hybridized carbons (Fsp3) is 0.250. The van der Waals surface area contributed by atoms with Gasteiger partial charge in [0.1, 0.15) is 0 Å². The first-order valence-electron chi connectivity index (χ1n) is 11.4. The number of guanidine groups is 1. The Balaban J connectivity index is 1.69. The molecule has 0 saturated carbocycles. The van der Waals surface area contributed by atoms with E-state index in [4.69, 9.17) is 5.73 Å².